The molecule has 0 bridgehead atoms. The summed E-state index contributed by atoms with van der Waals surface area (Å²) in [5.74, 6) is -0.573. The quantitative estimate of drug-likeness (QED) is 0.329. The summed E-state index contributed by atoms with van der Waals surface area (Å²) in [6.07, 6.45) is 4.14. The van der Waals surface area contributed by atoms with Crippen LogP contribution >= 0.6 is 31.9 Å². The Balaban J connectivity index is 2.00. The Morgan fingerprint density at radius 1 is 0.679 bits per heavy atom. The number of hydrogen-bond donors (Lipinski definition) is 0. The van der Waals surface area contributed by atoms with E-state index in [9.17, 15) is 8.78 Å². The molecule has 3 aromatic carbocycles. The zero-order valence-electron chi connectivity index (χ0n) is 15.2. The summed E-state index contributed by atoms with van der Waals surface area (Å²) < 4.78 is 28.2. The smallest absolute Gasteiger partial charge is 0.123 e. The second kappa shape index (κ2) is 9.44. The first-order chi connectivity index (χ1) is 13.4. The van der Waals surface area contributed by atoms with Gasteiger partial charge >= 0.3 is 0 Å². The number of hydrogen-bond acceptors (Lipinski definition) is 0. The van der Waals surface area contributed by atoms with Crippen LogP contribution in [-0.4, -0.2) is 0 Å². The zero-order chi connectivity index (χ0) is 20.1. The van der Waals surface area contributed by atoms with Crippen molar-refractivity contribution in [3.63, 3.8) is 0 Å². The first-order valence-electron chi connectivity index (χ1n) is 8.75. The van der Waals surface area contributed by atoms with Gasteiger partial charge in [0.2, 0.25) is 0 Å². The lowest BCUT2D eigenvalue weighted by molar-refractivity contribution is 0.627. The molecular formula is C24H18Br2F2. The third-order valence-electron chi connectivity index (χ3n) is 4.35. The highest BCUT2D eigenvalue weighted by Crippen LogP contribution is 2.33. The van der Waals surface area contributed by atoms with E-state index in [1.807, 2.05) is 6.92 Å². The monoisotopic (exact) mass is 502 g/mol. The third-order valence-corrected chi connectivity index (χ3v) is 5.80. The molecule has 3 aromatic rings. The fourth-order valence-electron chi connectivity index (χ4n) is 2.76. The maximum atomic E-state index is 13.2. The van der Waals surface area contributed by atoms with E-state index in [0.717, 1.165) is 25.7 Å². The minimum Gasteiger partial charge on any atom is -0.207 e. The summed E-state index contributed by atoms with van der Waals surface area (Å²) in [5.41, 5.74) is 4.09. The van der Waals surface area contributed by atoms with Gasteiger partial charge in [-0.3, -0.25) is 0 Å². The van der Waals surface area contributed by atoms with Crippen molar-refractivity contribution in [2.24, 2.45) is 0 Å². The largest absolute Gasteiger partial charge is 0.207 e. The van der Waals surface area contributed by atoms with Crippen molar-refractivity contribution in [2.75, 3.05) is 0 Å². The Kier molecular flexibility index (Phi) is 6.97. The van der Waals surface area contributed by atoms with Gasteiger partial charge in [0.05, 0.1) is 0 Å². The third kappa shape index (κ3) is 5.49. The van der Waals surface area contributed by atoms with Crippen LogP contribution in [0, 0.1) is 18.6 Å². The minimum absolute atomic E-state index is 0.0422. The molecule has 0 aromatic heterocycles. The molecule has 1 unspecified atom stereocenters. The standard InChI is InChI=1S/C24H18Br2F2/c1-16-2-4-17(5-3-16)20(14-23(25)18-6-10-21(27)11-7-18)15-24(26)19-8-12-22(28)13-9-19/h2-15,20H,1H3/b23-14-,24-15+. The van der Waals surface area contributed by atoms with Crippen LogP contribution < -0.4 is 0 Å². The topological polar surface area (TPSA) is 0 Å². The molecule has 1 atom stereocenters. The number of aryl methyl sites for hydroxylation is 1. The molecule has 28 heavy (non-hydrogen) atoms. The van der Waals surface area contributed by atoms with Gasteiger partial charge in [0.25, 0.3) is 0 Å². The van der Waals surface area contributed by atoms with Crippen molar-refractivity contribution in [3.05, 3.63) is 119 Å². The van der Waals surface area contributed by atoms with Crippen LogP contribution in [0.15, 0.2) is 84.9 Å². The van der Waals surface area contributed by atoms with Crippen LogP contribution in [-0.2, 0) is 0 Å². The Labute approximate surface area is 180 Å². The first kappa shape index (κ1) is 20.7. The number of rotatable bonds is 5. The van der Waals surface area contributed by atoms with E-state index < -0.39 is 0 Å². The van der Waals surface area contributed by atoms with Crippen LogP contribution in [0.2, 0.25) is 0 Å². The normalized spacial score (nSPS) is 13.5. The predicted octanol–water partition coefficient (Wildman–Crippen LogP) is 8.23. The highest BCUT2D eigenvalue weighted by molar-refractivity contribution is 9.15. The van der Waals surface area contributed by atoms with Gasteiger partial charge in [-0.2, -0.15) is 0 Å². The van der Waals surface area contributed by atoms with Crippen molar-refractivity contribution in [1.29, 1.82) is 0 Å². The first-order valence-corrected chi connectivity index (χ1v) is 10.3. The minimum atomic E-state index is -0.266. The fraction of sp³-hybridized carbons (Fsp3) is 0.0833. The van der Waals surface area contributed by atoms with Gasteiger partial charge in [-0.1, -0.05) is 98.1 Å². The molecule has 0 nitrogen and oxygen atoms in total. The van der Waals surface area contributed by atoms with Gasteiger partial charge in [-0.25, -0.2) is 8.78 Å². The maximum absolute atomic E-state index is 13.2. The summed E-state index contributed by atoms with van der Waals surface area (Å²) in [6.45, 7) is 2.05. The Bertz CT molecular complexity index is 925. The second-order valence-electron chi connectivity index (χ2n) is 6.48. The number of halogens is 4. The van der Waals surface area contributed by atoms with Crippen LogP contribution in [0.1, 0.15) is 28.2 Å². The highest BCUT2D eigenvalue weighted by Gasteiger charge is 2.10. The lowest BCUT2D eigenvalue weighted by Crippen LogP contribution is -1.94. The molecule has 0 heterocycles. The molecular weight excluding hydrogens is 486 g/mol. The molecule has 0 radical (unpaired) electrons. The van der Waals surface area contributed by atoms with E-state index in [0.29, 0.717) is 0 Å². The van der Waals surface area contributed by atoms with Gasteiger partial charge in [-0.05, 0) is 47.9 Å². The SMILES string of the molecule is Cc1ccc(C(/C=C(\Br)c2ccc(F)cc2)/C=C(/Br)c2ccc(F)cc2)cc1. The summed E-state index contributed by atoms with van der Waals surface area (Å²) in [6, 6.07) is 21.0. The molecule has 0 aliphatic heterocycles. The Hall–Kier alpha value is -2.04. The lowest BCUT2D eigenvalue weighted by Gasteiger charge is -2.13. The molecule has 4 heteroatoms. The van der Waals surface area contributed by atoms with Crippen LogP contribution in [0.4, 0.5) is 8.78 Å². The van der Waals surface area contributed by atoms with E-state index in [2.05, 4.69) is 68.3 Å². The summed E-state index contributed by atoms with van der Waals surface area (Å²) in [5, 5.41) is 0. The summed E-state index contributed by atoms with van der Waals surface area (Å²) in [7, 11) is 0. The second-order valence-corrected chi connectivity index (χ2v) is 8.19. The summed E-state index contributed by atoms with van der Waals surface area (Å²) >= 11 is 7.25. The van der Waals surface area contributed by atoms with Crippen molar-refractivity contribution in [1.82, 2.24) is 0 Å². The van der Waals surface area contributed by atoms with E-state index in [1.165, 1.54) is 29.8 Å². The molecule has 0 saturated heterocycles. The Morgan fingerprint density at radius 2 is 1.07 bits per heavy atom. The van der Waals surface area contributed by atoms with Gasteiger partial charge in [0.15, 0.2) is 0 Å². The van der Waals surface area contributed by atoms with Gasteiger partial charge in [-0.15, -0.1) is 0 Å². The Morgan fingerprint density at radius 3 is 1.46 bits per heavy atom. The molecule has 3 rings (SSSR count). The average Bonchev–Trinajstić information content (AvgIpc) is 2.69. The molecule has 0 aliphatic rings. The van der Waals surface area contributed by atoms with Crippen molar-refractivity contribution in [2.45, 2.75) is 12.8 Å². The fourth-order valence-corrected chi connectivity index (χ4v) is 3.85. The average molecular weight is 504 g/mol. The van der Waals surface area contributed by atoms with E-state index in [-0.39, 0.29) is 17.6 Å². The van der Waals surface area contributed by atoms with Crippen molar-refractivity contribution < 1.29 is 8.78 Å². The molecule has 0 aliphatic carbocycles. The molecule has 0 fully saturated rings. The highest BCUT2D eigenvalue weighted by atomic mass is 79.9. The molecule has 0 N–H and O–H groups in total. The van der Waals surface area contributed by atoms with Gasteiger partial charge < -0.3 is 0 Å². The van der Waals surface area contributed by atoms with E-state index in [4.69, 9.17) is 0 Å². The zero-order valence-corrected chi connectivity index (χ0v) is 18.3. The molecule has 0 spiro atoms. The lowest BCUT2D eigenvalue weighted by atomic mass is 9.95. The predicted molar refractivity (Wildman–Crippen MR) is 121 cm³/mol. The summed E-state index contributed by atoms with van der Waals surface area (Å²) in [4.78, 5) is 0. The molecule has 0 amide bonds. The van der Waals surface area contributed by atoms with Gasteiger partial charge in [0.1, 0.15) is 11.6 Å². The van der Waals surface area contributed by atoms with E-state index in [1.54, 1.807) is 24.3 Å². The van der Waals surface area contributed by atoms with Gasteiger partial charge in [0, 0.05) is 14.9 Å². The number of benzene rings is 3. The van der Waals surface area contributed by atoms with Crippen molar-refractivity contribution in [3.8, 4) is 0 Å². The molecule has 142 valence electrons. The van der Waals surface area contributed by atoms with Crippen LogP contribution in [0.25, 0.3) is 8.96 Å². The number of allylic oxidation sites excluding steroid dienone is 2. The molecule has 0 saturated carbocycles. The van der Waals surface area contributed by atoms with Crippen LogP contribution in [0.3, 0.4) is 0 Å². The van der Waals surface area contributed by atoms with E-state index >= 15 is 0 Å². The van der Waals surface area contributed by atoms with Crippen LogP contribution in [0.5, 0.6) is 0 Å². The van der Waals surface area contributed by atoms with Crippen molar-refractivity contribution >= 4 is 40.8 Å². The maximum Gasteiger partial charge on any atom is 0.123 e.